The first-order chi connectivity index (χ1) is 14.8. The number of hydrogen-bond donors (Lipinski definition) is 5. The molecule has 0 radical (unpaired) electrons. The van der Waals surface area contributed by atoms with Gasteiger partial charge in [0.1, 0.15) is 35.9 Å². The molecule has 3 unspecified atom stereocenters. The SMILES string of the molecule is CSC1O[C@H]([C@H](NC(=O)[C@H]2NC[C@@H]3C[C@H](CCF)CCO[C@H]32)C(C)C)C(O)C(O)[C@H]1O. The molecule has 3 heterocycles. The highest BCUT2D eigenvalue weighted by Gasteiger charge is 2.49. The molecule has 0 aromatic carbocycles. The van der Waals surface area contributed by atoms with Crippen molar-refractivity contribution in [3.05, 3.63) is 0 Å². The molecular weight excluding hydrogens is 427 g/mol. The summed E-state index contributed by atoms with van der Waals surface area (Å²) in [6.07, 6.45) is -1.12. The summed E-state index contributed by atoms with van der Waals surface area (Å²) in [5.41, 5.74) is -0.701. The fraction of sp³-hybridized carbons (Fsp3) is 0.952. The number of rotatable bonds is 7. The molecule has 3 aliphatic rings. The monoisotopic (exact) mass is 464 g/mol. The average molecular weight is 465 g/mol. The van der Waals surface area contributed by atoms with Crippen molar-refractivity contribution >= 4 is 17.7 Å². The van der Waals surface area contributed by atoms with Gasteiger partial charge in [-0.2, -0.15) is 0 Å². The predicted molar refractivity (Wildman–Crippen MR) is 115 cm³/mol. The van der Waals surface area contributed by atoms with Crippen LogP contribution in [-0.2, 0) is 14.3 Å². The van der Waals surface area contributed by atoms with Crippen molar-refractivity contribution in [2.24, 2.45) is 17.8 Å². The average Bonchev–Trinajstić information content (AvgIpc) is 3.02. The minimum atomic E-state index is -1.36. The number of aliphatic hydroxyl groups excluding tert-OH is 3. The fourth-order valence-electron chi connectivity index (χ4n) is 5.06. The Balaban J connectivity index is 1.68. The van der Waals surface area contributed by atoms with Crippen LogP contribution in [0.1, 0.15) is 33.1 Å². The van der Waals surface area contributed by atoms with E-state index in [4.69, 9.17) is 9.47 Å². The van der Waals surface area contributed by atoms with Crippen LogP contribution in [0.3, 0.4) is 0 Å². The van der Waals surface area contributed by atoms with Gasteiger partial charge in [0, 0.05) is 13.2 Å². The van der Waals surface area contributed by atoms with E-state index in [1.165, 1.54) is 11.8 Å². The van der Waals surface area contributed by atoms with Crippen molar-refractivity contribution in [1.82, 2.24) is 10.6 Å². The van der Waals surface area contributed by atoms with E-state index in [9.17, 15) is 24.5 Å². The minimum Gasteiger partial charge on any atom is -0.388 e. The van der Waals surface area contributed by atoms with Gasteiger partial charge in [0.15, 0.2) is 0 Å². The van der Waals surface area contributed by atoms with E-state index in [1.807, 2.05) is 13.8 Å². The van der Waals surface area contributed by atoms with Crippen molar-refractivity contribution in [2.75, 3.05) is 26.1 Å². The molecule has 0 aliphatic carbocycles. The van der Waals surface area contributed by atoms with Gasteiger partial charge in [0.2, 0.25) is 5.91 Å². The Kier molecular flexibility index (Phi) is 8.99. The number of hydrogen-bond acceptors (Lipinski definition) is 8. The van der Waals surface area contributed by atoms with Gasteiger partial charge in [0.25, 0.3) is 0 Å². The minimum absolute atomic E-state index is 0.0882. The molecule has 3 rings (SSSR count). The van der Waals surface area contributed by atoms with Crippen LogP contribution in [0.25, 0.3) is 0 Å². The molecule has 8 nitrogen and oxygen atoms in total. The van der Waals surface area contributed by atoms with Gasteiger partial charge >= 0.3 is 0 Å². The molecule has 31 heavy (non-hydrogen) atoms. The Morgan fingerprint density at radius 1 is 1.26 bits per heavy atom. The zero-order valence-corrected chi connectivity index (χ0v) is 19.3. The molecule has 3 aliphatic heterocycles. The molecule has 1 amide bonds. The quantitative estimate of drug-likeness (QED) is 0.358. The molecule has 0 saturated carbocycles. The first kappa shape index (κ1) is 25.1. The molecule has 3 saturated heterocycles. The number of carbonyl (C=O) groups excluding carboxylic acids is 1. The van der Waals surface area contributed by atoms with Crippen LogP contribution in [0.2, 0.25) is 0 Å². The smallest absolute Gasteiger partial charge is 0.240 e. The number of amides is 1. The summed E-state index contributed by atoms with van der Waals surface area (Å²) in [5, 5.41) is 37.2. The van der Waals surface area contributed by atoms with Crippen molar-refractivity contribution in [2.45, 2.75) is 81.1 Å². The van der Waals surface area contributed by atoms with Crippen LogP contribution >= 0.6 is 11.8 Å². The second-order valence-corrected chi connectivity index (χ2v) is 10.2. The molecule has 0 aromatic rings. The Labute approximate surface area is 187 Å². The van der Waals surface area contributed by atoms with Gasteiger partial charge in [-0.25, -0.2) is 0 Å². The largest absolute Gasteiger partial charge is 0.388 e. The zero-order valence-electron chi connectivity index (χ0n) is 18.4. The maximum atomic E-state index is 13.2. The van der Waals surface area contributed by atoms with Gasteiger partial charge in [-0.3, -0.25) is 9.18 Å². The van der Waals surface area contributed by atoms with E-state index >= 15 is 0 Å². The predicted octanol–water partition coefficient (Wildman–Crippen LogP) is 0.0406. The number of thioether (sulfide) groups is 1. The van der Waals surface area contributed by atoms with Crippen molar-refractivity contribution in [3.63, 3.8) is 0 Å². The van der Waals surface area contributed by atoms with E-state index in [0.717, 1.165) is 12.8 Å². The molecule has 5 N–H and O–H groups in total. The summed E-state index contributed by atoms with van der Waals surface area (Å²) in [5.74, 6) is 0.0952. The molecule has 0 bridgehead atoms. The van der Waals surface area contributed by atoms with Crippen LogP contribution in [0.15, 0.2) is 0 Å². The second kappa shape index (κ2) is 11.1. The Bertz CT molecular complexity index is 600. The zero-order chi connectivity index (χ0) is 22.7. The van der Waals surface area contributed by atoms with Gasteiger partial charge < -0.3 is 35.4 Å². The Morgan fingerprint density at radius 2 is 2.00 bits per heavy atom. The van der Waals surface area contributed by atoms with E-state index in [0.29, 0.717) is 19.6 Å². The highest BCUT2D eigenvalue weighted by atomic mass is 32.2. The van der Waals surface area contributed by atoms with Crippen LogP contribution < -0.4 is 10.6 Å². The summed E-state index contributed by atoms with van der Waals surface area (Å²) >= 11 is 1.24. The third-order valence-corrected chi connectivity index (χ3v) is 7.74. The number of fused-ring (bicyclic) bond motifs is 1. The maximum Gasteiger partial charge on any atom is 0.240 e. The normalized spacial score (nSPS) is 42.1. The second-order valence-electron chi connectivity index (χ2n) is 9.30. The summed E-state index contributed by atoms with van der Waals surface area (Å²) < 4.78 is 24.7. The highest BCUT2D eigenvalue weighted by molar-refractivity contribution is 7.99. The van der Waals surface area contributed by atoms with Gasteiger partial charge in [-0.1, -0.05) is 13.8 Å². The summed E-state index contributed by atoms with van der Waals surface area (Å²) in [6, 6.07) is -1.10. The standard InChI is InChI=1S/C21H37FN2O6S/c1-10(2)13(19-16(26)15(25)17(27)21(30-19)31-3)24-20(28)14-18-12(9-23-14)8-11(4-6-22)5-7-29-18/h10-19,21,23,25-27H,4-9H2,1-3H3,(H,24,28)/t11-,12+,13-,14+,15?,16?,17-,18-,19-,21?/m1/s1. The lowest BCUT2D eigenvalue weighted by molar-refractivity contribution is -0.208. The number of alkyl halides is 1. The van der Waals surface area contributed by atoms with Crippen LogP contribution in [-0.4, -0.2) is 95.3 Å². The molecule has 0 spiro atoms. The Morgan fingerprint density at radius 3 is 2.65 bits per heavy atom. The fourth-order valence-corrected chi connectivity index (χ4v) is 5.73. The number of nitrogens with one attached hydrogen (secondary N) is 2. The van der Waals surface area contributed by atoms with E-state index in [-0.39, 0.29) is 36.4 Å². The molecule has 10 heteroatoms. The number of carbonyl (C=O) groups is 1. The first-order valence-electron chi connectivity index (χ1n) is 11.2. The van der Waals surface area contributed by atoms with Gasteiger partial charge in [-0.05, 0) is 43.3 Å². The first-order valence-corrected chi connectivity index (χ1v) is 12.5. The van der Waals surface area contributed by atoms with E-state index in [2.05, 4.69) is 10.6 Å². The lowest BCUT2D eigenvalue weighted by Gasteiger charge is -2.44. The number of aliphatic hydroxyl groups is 3. The molecule has 3 fully saturated rings. The van der Waals surface area contributed by atoms with E-state index < -0.39 is 41.9 Å². The number of halogens is 1. The highest BCUT2D eigenvalue weighted by Crippen LogP contribution is 2.33. The van der Waals surface area contributed by atoms with Crippen molar-refractivity contribution < 1.29 is 34.0 Å². The third kappa shape index (κ3) is 5.54. The van der Waals surface area contributed by atoms with Crippen LogP contribution in [0.4, 0.5) is 4.39 Å². The van der Waals surface area contributed by atoms with Crippen molar-refractivity contribution in [1.29, 1.82) is 0 Å². The Hall–Kier alpha value is -0.490. The molecule has 0 aromatic heterocycles. The lowest BCUT2D eigenvalue weighted by atomic mass is 9.87. The maximum absolute atomic E-state index is 13.2. The topological polar surface area (TPSA) is 120 Å². The summed E-state index contributed by atoms with van der Waals surface area (Å²) in [4.78, 5) is 13.2. The summed E-state index contributed by atoms with van der Waals surface area (Å²) in [6.45, 7) is 4.62. The summed E-state index contributed by atoms with van der Waals surface area (Å²) in [7, 11) is 0. The van der Waals surface area contributed by atoms with Gasteiger partial charge in [-0.15, -0.1) is 11.8 Å². The van der Waals surface area contributed by atoms with E-state index in [1.54, 1.807) is 6.26 Å². The van der Waals surface area contributed by atoms with Gasteiger partial charge in [0.05, 0.1) is 18.8 Å². The third-order valence-electron chi connectivity index (χ3n) is 6.89. The lowest BCUT2D eigenvalue weighted by Crippen LogP contribution is -2.65. The van der Waals surface area contributed by atoms with Crippen LogP contribution in [0, 0.1) is 17.8 Å². The molecule has 180 valence electrons. The molecule has 10 atom stereocenters. The van der Waals surface area contributed by atoms with Crippen molar-refractivity contribution in [3.8, 4) is 0 Å². The molecular formula is C21H37FN2O6S. The van der Waals surface area contributed by atoms with Crippen LogP contribution in [0.5, 0.6) is 0 Å². The number of ether oxygens (including phenoxy) is 2.